The van der Waals surface area contributed by atoms with Crippen LogP contribution in [0.4, 0.5) is 0 Å². The lowest BCUT2D eigenvalue weighted by molar-refractivity contribution is -0.148. The fourth-order valence-corrected chi connectivity index (χ4v) is 3.32. The topological polar surface area (TPSA) is 39.2 Å². The first kappa shape index (κ1) is 15.5. The minimum atomic E-state index is -0.653. The Bertz CT molecular complexity index is 388. The van der Waals surface area contributed by atoms with Gasteiger partial charge in [0.15, 0.2) is 0 Å². The van der Waals surface area contributed by atoms with E-state index in [2.05, 4.69) is 11.9 Å². The van der Waals surface area contributed by atoms with Crippen molar-refractivity contribution in [2.24, 2.45) is 0 Å². The lowest BCUT2D eigenvalue weighted by Crippen LogP contribution is -2.31. The number of hydrogen-bond donors (Lipinski definition) is 0. The van der Waals surface area contributed by atoms with Gasteiger partial charge in [-0.3, -0.25) is 4.79 Å². The zero-order valence-corrected chi connectivity index (χ0v) is 13.1. The number of carbonyl (C=O) groups excluding carboxylic acids is 1. The maximum Gasteiger partial charge on any atom is 0.317 e. The van der Waals surface area contributed by atoms with E-state index in [0.29, 0.717) is 6.61 Å². The molecule has 18 heavy (non-hydrogen) atoms. The van der Waals surface area contributed by atoms with Crippen molar-refractivity contribution < 1.29 is 9.53 Å². The van der Waals surface area contributed by atoms with Crippen LogP contribution in [0.3, 0.4) is 0 Å². The highest BCUT2D eigenvalue weighted by Crippen LogP contribution is 2.27. The van der Waals surface area contributed by atoms with Gasteiger partial charge in [0, 0.05) is 11.1 Å². The Labute approximate surface area is 117 Å². The molecular weight excluding hydrogens is 266 g/mol. The Morgan fingerprint density at radius 3 is 2.83 bits per heavy atom. The van der Waals surface area contributed by atoms with Crippen molar-refractivity contribution in [2.75, 3.05) is 12.4 Å². The summed E-state index contributed by atoms with van der Waals surface area (Å²) < 4.78 is 5.09. The quantitative estimate of drug-likeness (QED) is 0.567. The fraction of sp³-hybridized carbons (Fsp3) is 0.692. The molecule has 0 aromatic carbocycles. The van der Waals surface area contributed by atoms with Crippen LogP contribution in [0.15, 0.2) is 5.38 Å². The summed E-state index contributed by atoms with van der Waals surface area (Å²) >= 11 is 3.50. The van der Waals surface area contributed by atoms with Crippen LogP contribution in [0, 0.1) is 0 Å². The molecule has 0 bridgehead atoms. The van der Waals surface area contributed by atoms with Gasteiger partial charge >= 0.3 is 5.97 Å². The summed E-state index contributed by atoms with van der Waals surface area (Å²) in [6.07, 6.45) is 1.18. The Balaban J connectivity index is 2.68. The summed E-state index contributed by atoms with van der Waals surface area (Å²) in [6.45, 7) is 8.13. The number of ether oxygens (including phenoxy) is 1. The molecule has 0 atom stereocenters. The third kappa shape index (κ3) is 3.99. The number of esters is 1. The molecule has 1 rings (SSSR count). The zero-order valence-electron chi connectivity index (χ0n) is 11.5. The third-order valence-corrected chi connectivity index (χ3v) is 4.76. The van der Waals surface area contributed by atoms with Crippen LogP contribution >= 0.6 is 23.1 Å². The van der Waals surface area contributed by atoms with Gasteiger partial charge in [-0.15, -0.1) is 11.3 Å². The van der Waals surface area contributed by atoms with Crippen molar-refractivity contribution in [3.8, 4) is 0 Å². The molecule has 5 heteroatoms. The Hall–Kier alpha value is -0.550. The molecule has 0 aliphatic rings. The summed E-state index contributed by atoms with van der Waals surface area (Å²) in [5, 5.41) is 3.06. The van der Waals surface area contributed by atoms with E-state index in [9.17, 15) is 4.79 Å². The maximum absolute atomic E-state index is 11.9. The molecule has 1 aromatic heterocycles. The Morgan fingerprint density at radius 2 is 2.22 bits per heavy atom. The van der Waals surface area contributed by atoms with E-state index in [1.54, 1.807) is 11.3 Å². The average molecular weight is 287 g/mol. The molecule has 0 aliphatic carbocycles. The second-order valence-corrected chi connectivity index (χ2v) is 6.57. The third-order valence-electron chi connectivity index (χ3n) is 2.55. The minimum Gasteiger partial charge on any atom is -0.465 e. The number of carbonyl (C=O) groups is 1. The van der Waals surface area contributed by atoms with Crippen molar-refractivity contribution >= 4 is 29.1 Å². The van der Waals surface area contributed by atoms with Crippen LogP contribution in [0.5, 0.6) is 0 Å². The van der Waals surface area contributed by atoms with Crippen LogP contribution in [0.2, 0.25) is 0 Å². The molecule has 0 saturated carbocycles. The van der Waals surface area contributed by atoms with E-state index >= 15 is 0 Å². The van der Waals surface area contributed by atoms with Crippen molar-refractivity contribution in [2.45, 2.75) is 45.3 Å². The van der Waals surface area contributed by atoms with Crippen molar-refractivity contribution in [1.29, 1.82) is 0 Å². The van der Waals surface area contributed by atoms with Gasteiger partial charge < -0.3 is 4.74 Å². The highest BCUT2D eigenvalue weighted by Gasteiger charge is 2.33. The van der Waals surface area contributed by atoms with Gasteiger partial charge in [0.2, 0.25) is 0 Å². The fourth-order valence-electron chi connectivity index (χ4n) is 1.38. The molecule has 0 saturated heterocycles. The SMILES string of the molecule is CCCSCc1nc(C(C)(C)C(=O)OCC)cs1. The normalized spacial score (nSPS) is 11.6. The Kier molecular flexibility index (Phi) is 6.15. The van der Waals surface area contributed by atoms with E-state index < -0.39 is 5.41 Å². The molecule has 0 radical (unpaired) electrons. The maximum atomic E-state index is 11.9. The zero-order chi connectivity index (χ0) is 13.6. The summed E-state index contributed by atoms with van der Waals surface area (Å²) in [5.74, 6) is 1.87. The summed E-state index contributed by atoms with van der Waals surface area (Å²) in [7, 11) is 0. The second-order valence-electron chi connectivity index (χ2n) is 4.52. The molecule has 3 nitrogen and oxygen atoms in total. The van der Waals surface area contributed by atoms with Gasteiger partial charge in [-0.25, -0.2) is 4.98 Å². The number of thioether (sulfide) groups is 1. The molecule has 1 aromatic rings. The monoisotopic (exact) mass is 287 g/mol. The molecule has 102 valence electrons. The van der Waals surface area contributed by atoms with E-state index in [1.165, 1.54) is 6.42 Å². The van der Waals surface area contributed by atoms with Crippen LogP contribution in [-0.2, 0) is 20.7 Å². The van der Waals surface area contributed by atoms with Crippen molar-refractivity contribution in [3.63, 3.8) is 0 Å². The van der Waals surface area contributed by atoms with Gasteiger partial charge in [-0.1, -0.05) is 6.92 Å². The van der Waals surface area contributed by atoms with Gasteiger partial charge in [0.25, 0.3) is 0 Å². The number of rotatable bonds is 7. The van der Waals surface area contributed by atoms with Gasteiger partial charge in [-0.05, 0) is 32.9 Å². The van der Waals surface area contributed by atoms with Gasteiger partial charge in [0.05, 0.1) is 12.3 Å². The Morgan fingerprint density at radius 1 is 1.50 bits per heavy atom. The highest BCUT2D eigenvalue weighted by atomic mass is 32.2. The smallest absolute Gasteiger partial charge is 0.317 e. The average Bonchev–Trinajstić information content (AvgIpc) is 2.79. The highest BCUT2D eigenvalue weighted by molar-refractivity contribution is 7.98. The number of nitrogens with zero attached hydrogens (tertiary/aromatic N) is 1. The summed E-state index contributed by atoms with van der Waals surface area (Å²) in [4.78, 5) is 16.4. The van der Waals surface area contributed by atoms with E-state index in [0.717, 1.165) is 22.2 Å². The van der Waals surface area contributed by atoms with Crippen LogP contribution in [-0.4, -0.2) is 23.3 Å². The second kappa shape index (κ2) is 7.14. The molecule has 0 amide bonds. The first-order valence-electron chi connectivity index (χ1n) is 6.22. The first-order valence-corrected chi connectivity index (χ1v) is 8.25. The van der Waals surface area contributed by atoms with Crippen LogP contribution < -0.4 is 0 Å². The van der Waals surface area contributed by atoms with Crippen molar-refractivity contribution in [3.05, 3.63) is 16.1 Å². The lowest BCUT2D eigenvalue weighted by atomic mass is 9.90. The van der Waals surface area contributed by atoms with E-state index in [-0.39, 0.29) is 5.97 Å². The lowest BCUT2D eigenvalue weighted by Gasteiger charge is -2.19. The molecule has 0 N–H and O–H groups in total. The summed E-state index contributed by atoms with van der Waals surface area (Å²) in [5.41, 5.74) is 0.165. The van der Waals surface area contributed by atoms with Gasteiger partial charge in [-0.2, -0.15) is 11.8 Å². The predicted molar refractivity (Wildman–Crippen MR) is 78.2 cm³/mol. The number of hydrogen-bond acceptors (Lipinski definition) is 5. The number of aromatic nitrogens is 1. The van der Waals surface area contributed by atoms with Crippen molar-refractivity contribution in [1.82, 2.24) is 4.98 Å². The summed E-state index contributed by atoms with van der Waals surface area (Å²) in [6, 6.07) is 0. The van der Waals surface area contributed by atoms with E-state index in [1.807, 2.05) is 37.9 Å². The number of thiazole rings is 1. The molecular formula is C13H21NO2S2. The molecule has 0 unspecified atom stereocenters. The molecule has 1 heterocycles. The van der Waals surface area contributed by atoms with Crippen LogP contribution in [0.25, 0.3) is 0 Å². The standard InChI is InChI=1S/C13H21NO2S2/c1-5-7-17-9-11-14-10(8-18-11)13(3,4)12(15)16-6-2/h8H,5-7,9H2,1-4H3. The molecule has 0 fully saturated rings. The predicted octanol–water partition coefficient (Wildman–Crippen LogP) is 3.63. The minimum absolute atomic E-state index is 0.205. The largest absolute Gasteiger partial charge is 0.465 e. The van der Waals surface area contributed by atoms with Crippen LogP contribution in [0.1, 0.15) is 44.8 Å². The molecule has 0 aliphatic heterocycles. The molecule has 0 spiro atoms. The van der Waals surface area contributed by atoms with E-state index in [4.69, 9.17) is 4.74 Å². The van der Waals surface area contributed by atoms with Gasteiger partial charge in [0.1, 0.15) is 10.4 Å². The first-order chi connectivity index (χ1) is 8.52.